The number of benzene rings is 1. The molecule has 3 amide bonds. The predicted octanol–water partition coefficient (Wildman–Crippen LogP) is 2.50. The van der Waals surface area contributed by atoms with Gasteiger partial charge in [-0.3, -0.25) is 9.69 Å². The van der Waals surface area contributed by atoms with Crippen molar-refractivity contribution in [2.24, 2.45) is 0 Å². The maximum atomic E-state index is 13.8. The van der Waals surface area contributed by atoms with E-state index in [1.807, 2.05) is 0 Å². The molecular formula is C17H18F2N4O2. The van der Waals surface area contributed by atoms with Crippen LogP contribution in [0.2, 0.25) is 0 Å². The van der Waals surface area contributed by atoms with Crippen LogP contribution in [0, 0.1) is 23.0 Å². The lowest BCUT2D eigenvalue weighted by Gasteiger charge is -2.20. The summed E-state index contributed by atoms with van der Waals surface area (Å²) < 4.78 is 27.5. The second-order valence-corrected chi connectivity index (χ2v) is 6.38. The fourth-order valence-electron chi connectivity index (χ4n) is 3.45. The minimum Gasteiger partial charge on any atom is -0.380 e. The summed E-state index contributed by atoms with van der Waals surface area (Å²) in [6, 6.07) is 3.18. The summed E-state index contributed by atoms with van der Waals surface area (Å²) in [6.07, 6.45) is 3.51. The molecule has 1 aromatic rings. The molecule has 0 aromatic heterocycles. The van der Waals surface area contributed by atoms with Gasteiger partial charge >= 0.3 is 6.03 Å². The first-order chi connectivity index (χ1) is 12.0. The number of amides is 3. The van der Waals surface area contributed by atoms with Crippen molar-refractivity contribution >= 4 is 17.6 Å². The second-order valence-electron chi connectivity index (χ2n) is 6.38. The van der Waals surface area contributed by atoms with Gasteiger partial charge in [0.25, 0.3) is 5.91 Å². The van der Waals surface area contributed by atoms with Gasteiger partial charge in [-0.05, 0) is 31.4 Å². The number of nitrogens with one attached hydrogen (secondary N) is 2. The van der Waals surface area contributed by atoms with Crippen molar-refractivity contribution in [2.45, 2.75) is 37.6 Å². The molecule has 1 saturated carbocycles. The Kier molecular flexibility index (Phi) is 4.57. The minimum atomic E-state index is -0.851. The molecule has 132 valence electrons. The van der Waals surface area contributed by atoms with Crippen molar-refractivity contribution in [1.82, 2.24) is 10.2 Å². The third kappa shape index (κ3) is 3.14. The summed E-state index contributed by atoms with van der Waals surface area (Å²) >= 11 is 0. The molecule has 0 unspecified atom stereocenters. The Balaban J connectivity index is 1.55. The minimum absolute atomic E-state index is 0.0956. The van der Waals surface area contributed by atoms with Crippen LogP contribution in [-0.2, 0) is 4.79 Å². The van der Waals surface area contributed by atoms with Crippen LogP contribution in [0.3, 0.4) is 0 Å². The smallest absolute Gasteiger partial charge is 0.325 e. The number of carbonyl (C=O) groups excluding carboxylic acids is 2. The molecule has 3 rings (SSSR count). The third-order valence-corrected chi connectivity index (χ3v) is 4.73. The average molecular weight is 348 g/mol. The Morgan fingerprint density at radius 2 is 1.88 bits per heavy atom. The summed E-state index contributed by atoms with van der Waals surface area (Å²) in [6.45, 7) is 0.364. The molecule has 8 heteroatoms. The number of carbonyl (C=O) groups is 2. The zero-order valence-electron chi connectivity index (χ0n) is 13.6. The van der Waals surface area contributed by atoms with E-state index in [-0.39, 0.29) is 30.2 Å². The second kappa shape index (κ2) is 6.67. The van der Waals surface area contributed by atoms with E-state index in [1.165, 1.54) is 4.90 Å². The molecule has 1 aliphatic carbocycles. The summed E-state index contributed by atoms with van der Waals surface area (Å²) in [5.41, 5.74) is -1.15. The van der Waals surface area contributed by atoms with Crippen molar-refractivity contribution in [2.75, 3.05) is 18.4 Å². The number of nitriles is 1. The number of hydrogen-bond acceptors (Lipinski definition) is 4. The average Bonchev–Trinajstić information content (AvgIpc) is 3.13. The van der Waals surface area contributed by atoms with Crippen LogP contribution in [0.5, 0.6) is 0 Å². The molecule has 1 aromatic carbocycles. The first-order valence-corrected chi connectivity index (χ1v) is 8.24. The number of nitrogens with zero attached hydrogens (tertiary/aromatic N) is 2. The van der Waals surface area contributed by atoms with E-state index in [1.54, 1.807) is 6.07 Å². The van der Waals surface area contributed by atoms with Crippen LogP contribution in [0.25, 0.3) is 0 Å². The Hall–Kier alpha value is -2.69. The number of hydrogen-bond donors (Lipinski definition) is 2. The molecule has 1 heterocycles. The fraction of sp³-hybridized carbons (Fsp3) is 0.471. The molecule has 0 radical (unpaired) electrons. The lowest BCUT2D eigenvalue weighted by atomic mass is 9.98. The SMILES string of the molecule is N#Cc1cc(F)c(NCCCN2C(=O)NC3(CCCC3)C2=O)c(F)c1. The zero-order chi connectivity index (χ0) is 18.0. The van der Waals surface area contributed by atoms with E-state index in [0.29, 0.717) is 19.3 Å². The van der Waals surface area contributed by atoms with Crippen LogP contribution in [0.4, 0.5) is 19.3 Å². The Morgan fingerprint density at radius 1 is 1.24 bits per heavy atom. The van der Waals surface area contributed by atoms with Gasteiger partial charge in [-0.25, -0.2) is 13.6 Å². The number of imide groups is 1. The Labute approximate surface area is 143 Å². The molecule has 2 fully saturated rings. The van der Waals surface area contributed by atoms with Crippen LogP contribution in [0.15, 0.2) is 12.1 Å². The first-order valence-electron chi connectivity index (χ1n) is 8.24. The number of anilines is 1. The van der Waals surface area contributed by atoms with Gasteiger partial charge in [0.05, 0.1) is 11.6 Å². The van der Waals surface area contributed by atoms with E-state index >= 15 is 0 Å². The first kappa shape index (κ1) is 17.1. The van der Waals surface area contributed by atoms with Crippen LogP contribution in [-0.4, -0.2) is 35.5 Å². The largest absolute Gasteiger partial charge is 0.380 e. The number of urea groups is 1. The normalized spacial score (nSPS) is 18.5. The summed E-state index contributed by atoms with van der Waals surface area (Å²) in [7, 11) is 0. The van der Waals surface area contributed by atoms with E-state index in [4.69, 9.17) is 5.26 Å². The molecule has 2 N–H and O–H groups in total. The molecule has 1 aliphatic heterocycles. The molecule has 1 saturated heterocycles. The molecule has 0 atom stereocenters. The number of rotatable bonds is 5. The van der Waals surface area contributed by atoms with Gasteiger partial charge in [-0.2, -0.15) is 5.26 Å². The Morgan fingerprint density at radius 3 is 2.48 bits per heavy atom. The summed E-state index contributed by atoms with van der Waals surface area (Å²) in [5.74, 6) is -1.90. The summed E-state index contributed by atoms with van der Waals surface area (Å²) in [4.78, 5) is 25.6. The van der Waals surface area contributed by atoms with Gasteiger partial charge in [0.2, 0.25) is 0 Å². The highest BCUT2D eigenvalue weighted by Gasteiger charge is 2.51. The zero-order valence-corrected chi connectivity index (χ0v) is 13.6. The van der Waals surface area contributed by atoms with Gasteiger partial charge in [0, 0.05) is 13.1 Å². The third-order valence-electron chi connectivity index (χ3n) is 4.73. The highest BCUT2D eigenvalue weighted by atomic mass is 19.1. The lowest BCUT2D eigenvalue weighted by molar-refractivity contribution is -0.131. The van der Waals surface area contributed by atoms with Crippen LogP contribution in [0.1, 0.15) is 37.7 Å². The van der Waals surface area contributed by atoms with E-state index < -0.39 is 23.2 Å². The van der Waals surface area contributed by atoms with Crippen molar-refractivity contribution in [1.29, 1.82) is 5.26 Å². The van der Waals surface area contributed by atoms with E-state index in [0.717, 1.165) is 25.0 Å². The molecule has 2 aliphatic rings. The maximum Gasteiger partial charge on any atom is 0.325 e. The monoisotopic (exact) mass is 348 g/mol. The molecule has 25 heavy (non-hydrogen) atoms. The highest BCUT2D eigenvalue weighted by Crippen LogP contribution is 2.35. The van der Waals surface area contributed by atoms with Gasteiger partial charge in [-0.15, -0.1) is 0 Å². The van der Waals surface area contributed by atoms with E-state index in [2.05, 4.69) is 10.6 Å². The quantitative estimate of drug-likeness (QED) is 0.632. The van der Waals surface area contributed by atoms with Crippen molar-refractivity contribution in [3.05, 3.63) is 29.3 Å². The maximum absolute atomic E-state index is 13.8. The van der Waals surface area contributed by atoms with Gasteiger partial charge in [0.15, 0.2) is 11.6 Å². The number of halogens is 2. The van der Waals surface area contributed by atoms with Gasteiger partial charge in [0.1, 0.15) is 11.2 Å². The molecule has 6 nitrogen and oxygen atoms in total. The predicted molar refractivity (Wildman–Crippen MR) is 85.6 cm³/mol. The van der Waals surface area contributed by atoms with E-state index in [9.17, 15) is 18.4 Å². The van der Waals surface area contributed by atoms with Gasteiger partial charge in [-0.1, -0.05) is 12.8 Å². The lowest BCUT2D eigenvalue weighted by Crippen LogP contribution is -2.44. The van der Waals surface area contributed by atoms with Crippen LogP contribution >= 0.6 is 0 Å². The molecule has 0 bridgehead atoms. The summed E-state index contributed by atoms with van der Waals surface area (Å²) in [5, 5.41) is 14.1. The molecular weight excluding hydrogens is 330 g/mol. The van der Waals surface area contributed by atoms with Crippen LogP contribution < -0.4 is 10.6 Å². The standard InChI is InChI=1S/C17H18F2N4O2/c18-12-8-11(10-20)9-13(19)14(12)21-6-3-7-23-15(24)17(22-16(23)25)4-1-2-5-17/h8-9,21H,1-7H2,(H,22,25). The molecule has 1 spiro atoms. The van der Waals surface area contributed by atoms with Crippen molar-refractivity contribution in [3.8, 4) is 6.07 Å². The topological polar surface area (TPSA) is 85.2 Å². The van der Waals surface area contributed by atoms with Gasteiger partial charge < -0.3 is 10.6 Å². The fourth-order valence-corrected chi connectivity index (χ4v) is 3.45. The van der Waals surface area contributed by atoms with Crippen molar-refractivity contribution in [3.63, 3.8) is 0 Å². The highest BCUT2D eigenvalue weighted by molar-refractivity contribution is 6.07. The van der Waals surface area contributed by atoms with Crippen molar-refractivity contribution < 1.29 is 18.4 Å². The Bertz CT molecular complexity index is 731.